The zero-order valence-electron chi connectivity index (χ0n) is 20.7. The minimum atomic E-state index is -0.489. The summed E-state index contributed by atoms with van der Waals surface area (Å²) in [6.07, 6.45) is 1.17. The van der Waals surface area contributed by atoms with Gasteiger partial charge in [0.1, 0.15) is 0 Å². The molecule has 2 heterocycles. The number of esters is 1. The number of piperidine rings is 1. The number of nitrogens with one attached hydrogen (secondary N) is 1. The van der Waals surface area contributed by atoms with Crippen molar-refractivity contribution in [2.45, 2.75) is 39.3 Å². The lowest BCUT2D eigenvalue weighted by Gasteiger charge is -2.42. The van der Waals surface area contributed by atoms with Crippen LogP contribution in [0.3, 0.4) is 0 Å². The van der Waals surface area contributed by atoms with Crippen LogP contribution in [0.25, 0.3) is 0 Å². The van der Waals surface area contributed by atoms with Gasteiger partial charge in [0.2, 0.25) is 0 Å². The standard InChI is InChI=1S/C27H32N4O5/c1-3-36-26(34)22-6-4-5-7-23(22)28-27(35)29-14-12-21(13-15-29)31-17-16-30(24(32)25(31)33)18-20-10-8-19(2)9-11-20/h4-11,21H,3,12-18H2,1-2H3,(H,28,35). The first-order valence-electron chi connectivity index (χ1n) is 12.3. The maximum atomic E-state index is 12.9. The molecule has 0 spiro atoms. The van der Waals surface area contributed by atoms with E-state index in [1.807, 2.05) is 31.2 Å². The Hall–Kier alpha value is -3.88. The smallest absolute Gasteiger partial charge is 0.340 e. The number of piperazine rings is 1. The number of hydrogen-bond acceptors (Lipinski definition) is 5. The lowest BCUT2D eigenvalue weighted by Crippen LogP contribution is -2.59. The van der Waals surface area contributed by atoms with Crippen molar-refractivity contribution < 1.29 is 23.9 Å². The Morgan fingerprint density at radius 1 is 0.944 bits per heavy atom. The van der Waals surface area contributed by atoms with Crippen LogP contribution in [0.15, 0.2) is 48.5 Å². The number of carbonyl (C=O) groups is 4. The average Bonchev–Trinajstić information content (AvgIpc) is 2.89. The molecule has 36 heavy (non-hydrogen) atoms. The van der Waals surface area contributed by atoms with Crippen LogP contribution >= 0.6 is 0 Å². The van der Waals surface area contributed by atoms with Crippen LogP contribution in [0.2, 0.25) is 0 Å². The number of carbonyl (C=O) groups excluding carboxylic acids is 4. The molecule has 0 atom stereocenters. The van der Waals surface area contributed by atoms with E-state index in [1.165, 1.54) is 0 Å². The van der Waals surface area contributed by atoms with Gasteiger partial charge in [0.15, 0.2) is 0 Å². The molecule has 0 saturated carbocycles. The van der Waals surface area contributed by atoms with Crippen LogP contribution in [0.4, 0.5) is 10.5 Å². The second-order valence-electron chi connectivity index (χ2n) is 9.13. The van der Waals surface area contributed by atoms with E-state index in [-0.39, 0.29) is 18.7 Å². The molecule has 0 bridgehead atoms. The molecule has 0 aromatic heterocycles. The number of rotatable bonds is 6. The molecule has 0 radical (unpaired) electrons. The Morgan fingerprint density at radius 2 is 1.64 bits per heavy atom. The minimum absolute atomic E-state index is 0.0844. The van der Waals surface area contributed by atoms with Crippen molar-refractivity contribution >= 4 is 29.5 Å². The summed E-state index contributed by atoms with van der Waals surface area (Å²) in [5, 5.41) is 2.81. The Labute approximate surface area is 211 Å². The van der Waals surface area contributed by atoms with E-state index in [1.54, 1.807) is 45.9 Å². The number of anilines is 1. The number of para-hydroxylation sites is 1. The fraction of sp³-hybridized carbons (Fsp3) is 0.407. The predicted molar refractivity (Wildman–Crippen MR) is 134 cm³/mol. The monoisotopic (exact) mass is 492 g/mol. The van der Waals surface area contributed by atoms with Gasteiger partial charge in [0.25, 0.3) is 0 Å². The molecule has 2 saturated heterocycles. The summed E-state index contributed by atoms with van der Waals surface area (Å²) in [5.74, 6) is -1.44. The number of ether oxygens (including phenoxy) is 1. The van der Waals surface area contributed by atoms with Gasteiger partial charge in [-0.25, -0.2) is 9.59 Å². The van der Waals surface area contributed by atoms with Crippen LogP contribution in [0.1, 0.15) is 41.3 Å². The molecule has 2 aromatic carbocycles. The molecule has 2 fully saturated rings. The van der Waals surface area contributed by atoms with Gasteiger partial charge < -0.3 is 24.8 Å². The first-order valence-corrected chi connectivity index (χ1v) is 12.3. The lowest BCUT2D eigenvalue weighted by atomic mass is 10.0. The quantitative estimate of drug-likeness (QED) is 0.494. The molecule has 9 nitrogen and oxygen atoms in total. The van der Waals surface area contributed by atoms with Crippen molar-refractivity contribution in [3.8, 4) is 0 Å². The van der Waals surface area contributed by atoms with Crippen LogP contribution < -0.4 is 5.32 Å². The van der Waals surface area contributed by atoms with Gasteiger partial charge in [-0.2, -0.15) is 0 Å². The third-order valence-corrected chi connectivity index (χ3v) is 6.69. The highest BCUT2D eigenvalue weighted by Crippen LogP contribution is 2.22. The number of amides is 4. The zero-order chi connectivity index (χ0) is 25.7. The van der Waals surface area contributed by atoms with E-state index in [9.17, 15) is 19.2 Å². The van der Waals surface area contributed by atoms with E-state index in [0.717, 1.165) is 11.1 Å². The van der Waals surface area contributed by atoms with Gasteiger partial charge in [0, 0.05) is 38.8 Å². The van der Waals surface area contributed by atoms with Gasteiger partial charge in [-0.15, -0.1) is 0 Å². The molecular weight excluding hydrogens is 460 g/mol. The summed E-state index contributed by atoms with van der Waals surface area (Å²) in [5.41, 5.74) is 2.84. The highest BCUT2D eigenvalue weighted by atomic mass is 16.5. The number of likely N-dealkylation sites (tertiary alicyclic amines) is 1. The fourth-order valence-corrected chi connectivity index (χ4v) is 4.66. The second-order valence-corrected chi connectivity index (χ2v) is 9.13. The Balaban J connectivity index is 1.30. The van der Waals surface area contributed by atoms with Crippen molar-refractivity contribution in [2.75, 3.05) is 38.1 Å². The van der Waals surface area contributed by atoms with Crippen LogP contribution in [0, 0.1) is 6.92 Å². The third kappa shape index (κ3) is 5.67. The maximum Gasteiger partial charge on any atom is 0.340 e. The number of urea groups is 1. The summed E-state index contributed by atoms with van der Waals surface area (Å²) in [6, 6.07) is 14.3. The topological polar surface area (TPSA) is 99.3 Å². The van der Waals surface area contributed by atoms with E-state index in [2.05, 4.69) is 5.32 Å². The molecule has 190 valence electrons. The Morgan fingerprint density at radius 3 is 2.33 bits per heavy atom. The molecule has 0 aliphatic carbocycles. The molecule has 9 heteroatoms. The van der Waals surface area contributed by atoms with E-state index in [4.69, 9.17) is 4.74 Å². The van der Waals surface area contributed by atoms with Gasteiger partial charge in [0.05, 0.1) is 17.9 Å². The molecule has 0 unspecified atom stereocenters. The molecule has 4 rings (SSSR count). The van der Waals surface area contributed by atoms with Crippen molar-refractivity contribution in [2.24, 2.45) is 0 Å². The Kier molecular flexibility index (Phi) is 7.87. The first-order chi connectivity index (χ1) is 17.4. The van der Waals surface area contributed by atoms with Crippen molar-refractivity contribution in [1.29, 1.82) is 0 Å². The molecule has 4 amide bonds. The highest BCUT2D eigenvalue weighted by Gasteiger charge is 2.38. The Bertz CT molecular complexity index is 1130. The molecule has 2 aliphatic rings. The number of hydrogen-bond donors (Lipinski definition) is 1. The first kappa shape index (κ1) is 25.2. The van der Waals surface area contributed by atoms with Gasteiger partial charge >= 0.3 is 23.8 Å². The van der Waals surface area contributed by atoms with Gasteiger partial charge in [-0.1, -0.05) is 42.0 Å². The van der Waals surface area contributed by atoms with Crippen molar-refractivity contribution in [3.05, 3.63) is 65.2 Å². The maximum absolute atomic E-state index is 12.9. The van der Waals surface area contributed by atoms with Crippen molar-refractivity contribution in [1.82, 2.24) is 14.7 Å². The predicted octanol–water partition coefficient (Wildman–Crippen LogP) is 3.04. The SMILES string of the molecule is CCOC(=O)c1ccccc1NC(=O)N1CCC(N2CCN(Cc3ccc(C)cc3)C(=O)C2=O)CC1. The molecular formula is C27H32N4O5. The van der Waals surface area contributed by atoms with Gasteiger partial charge in [-0.3, -0.25) is 9.59 Å². The summed E-state index contributed by atoms with van der Waals surface area (Å²) in [4.78, 5) is 55.6. The molecule has 2 aromatic rings. The average molecular weight is 493 g/mol. The van der Waals surface area contributed by atoms with Crippen LogP contribution in [-0.2, 0) is 20.9 Å². The molecule has 2 aliphatic heterocycles. The van der Waals surface area contributed by atoms with E-state index < -0.39 is 17.8 Å². The van der Waals surface area contributed by atoms with Crippen molar-refractivity contribution in [3.63, 3.8) is 0 Å². The summed E-state index contributed by atoms with van der Waals surface area (Å²) in [6.45, 7) is 6.27. The number of benzene rings is 2. The minimum Gasteiger partial charge on any atom is -0.462 e. The largest absolute Gasteiger partial charge is 0.462 e. The zero-order valence-corrected chi connectivity index (χ0v) is 20.7. The summed E-state index contributed by atoms with van der Waals surface area (Å²) < 4.78 is 5.07. The fourth-order valence-electron chi connectivity index (χ4n) is 4.66. The molecule has 1 N–H and O–H groups in total. The van der Waals surface area contributed by atoms with Gasteiger partial charge in [-0.05, 0) is 44.4 Å². The van der Waals surface area contributed by atoms with Crippen LogP contribution in [0.5, 0.6) is 0 Å². The second kappa shape index (κ2) is 11.2. The van der Waals surface area contributed by atoms with E-state index in [0.29, 0.717) is 56.8 Å². The van der Waals surface area contributed by atoms with Crippen LogP contribution in [-0.4, -0.2) is 77.3 Å². The number of nitrogens with zero attached hydrogens (tertiary/aromatic N) is 3. The lowest BCUT2D eigenvalue weighted by molar-refractivity contribution is -0.158. The summed E-state index contributed by atoms with van der Waals surface area (Å²) >= 11 is 0. The highest BCUT2D eigenvalue weighted by molar-refractivity contribution is 6.35. The number of aryl methyl sites for hydroxylation is 1. The summed E-state index contributed by atoms with van der Waals surface area (Å²) in [7, 11) is 0. The third-order valence-electron chi connectivity index (χ3n) is 6.69. The van der Waals surface area contributed by atoms with E-state index >= 15 is 0 Å². The normalized spacial score (nSPS) is 16.8.